The fourth-order valence-corrected chi connectivity index (χ4v) is 3.66. The lowest BCUT2D eigenvalue weighted by Crippen LogP contribution is -2.28. The minimum atomic E-state index is -0.643. The topological polar surface area (TPSA) is 65.1 Å². The standard InChI is InChI=1S/C16H19BrN2O2/c17-12-4-5-15-14(6-12)11(9-19-15)8-18-7-10-2-1-3-13(10)16(20)21/h4-6,9-10,13,18-19H,1-3,7-8H2,(H,20,21). The van der Waals surface area contributed by atoms with E-state index in [0.717, 1.165) is 42.3 Å². The number of hydrogen-bond acceptors (Lipinski definition) is 2. The predicted octanol–water partition coefficient (Wildman–Crippen LogP) is 3.52. The molecule has 2 atom stereocenters. The molecule has 1 fully saturated rings. The summed E-state index contributed by atoms with van der Waals surface area (Å²) in [7, 11) is 0. The van der Waals surface area contributed by atoms with E-state index >= 15 is 0 Å². The molecule has 0 saturated heterocycles. The number of carboxylic acid groups (broad SMARTS) is 1. The molecule has 1 heterocycles. The van der Waals surface area contributed by atoms with Crippen LogP contribution in [0, 0.1) is 11.8 Å². The fraction of sp³-hybridized carbons (Fsp3) is 0.438. The SMILES string of the molecule is O=C(O)C1CCCC1CNCc1c[nH]c2ccc(Br)cc12. The van der Waals surface area contributed by atoms with Crippen molar-refractivity contribution in [2.45, 2.75) is 25.8 Å². The molecule has 0 spiro atoms. The van der Waals surface area contributed by atoms with Gasteiger partial charge in [-0.15, -0.1) is 0 Å². The zero-order valence-electron chi connectivity index (χ0n) is 11.7. The molecule has 3 N–H and O–H groups in total. The quantitative estimate of drug-likeness (QED) is 0.772. The first-order valence-electron chi connectivity index (χ1n) is 7.34. The molecule has 0 bridgehead atoms. The van der Waals surface area contributed by atoms with Crippen molar-refractivity contribution >= 4 is 32.8 Å². The highest BCUT2D eigenvalue weighted by atomic mass is 79.9. The van der Waals surface area contributed by atoms with Crippen molar-refractivity contribution in [2.75, 3.05) is 6.54 Å². The molecule has 3 rings (SSSR count). The van der Waals surface area contributed by atoms with Crippen molar-refractivity contribution in [3.63, 3.8) is 0 Å². The summed E-state index contributed by atoms with van der Waals surface area (Å²) >= 11 is 3.50. The Hall–Kier alpha value is -1.33. The van der Waals surface area contributed by atoms with Crippen molar-refractivity contribution in [3.05, 3.63) is 34.4 Å². The molecule has 2 unspecified atom stereocenters. The van der Waals surface area contributed by atoms with Crippen LogP contribution in [0.1, 0.15) is 24.8 Å². The molecule has 4 nitrogen and oxygen atoms in total. The van der Waals surface area contributed by atoms with Crippen LogP contribution in [-0.2, 0) is 11.3 Å². The number of nitrogens with one attached hydrogen (secondary N) is 2. The van der Waals surface area contributed by atoms with Gasteiger partial charge in [0, 0.05) is 28.1 Å². The highest BCUT2D eigenvalue weighted by molar-refractivity contribution is 9.10. The highest BCUT2D eigenvalue weighted by Crippen LogP contribution is 2.31. The fourth-order valence-electron chi connectivity index (χ4n) is 3.30. The highest BCUT2D eigenvalue weighted by Gasteiger charge is 2.32. The van der Waals surface area contributed by atoms with Gasteiger partial charge in [0.05, 0.1) is 5.92 Å². The second-order valence-corrected chi connectivity index (χ2v) is 6.69. The Bertz CT molecular complexity index is 653. The molecule has 0 radical (unpaired) electrons. The third-order valence-corrected chi connectivity index (χ3v) is 4.92. The molecule has 1 aromatic heterocycles. The summed E-state index contributed by atoms with van der Waals surface area (Å²) in [5, 5.41) is 13.8. The van der Waals surface area contributed by atoms with Crippen LogP contribution >= 0.6 is 15.9 Å². The minimum absolute atomic E-state index is 0.172. The van der Waals surface area contributed by atoms with Gasteiger partial charge < -0.3 is 15.4 Å². The Morgan fingerprint density at radius 3 is 3.10 bits per heavy atom. The first kappa shape index (κ1) is 14.6. The predicted molar refractivity (Wildman–Crippen MR) is 86.2 cm³/mol. The lowest BCUT2D eigenvalue weighted by Gasteiger charge is -2.16. The first-order valence-corrected chi connectivity index (χ1v) is 8.13. The summed E-state index contributed by atoms with van der Waals surface area (Å²) in [6, 6.07) is 6.19. The average molecular weight is 351 g/mol. The van der Waals surface area contributed by atoms with Crippen LogP contribution in [0.25, 0.3) is 10.9 Å². The van der Waals surface area contributed by atoms with Gasteiger partial charge in [-0.2, -0.15) is 0 Å². The van der Waals surface area contributed by atoms with E-state index < -0.39 is 5.97 Å². The summed E-state index contributed by atoms with van der Waals surface area (Å²) in [5.41, 5.74) is 2.34. The molecule has 1 aromatic carbocycles. The number of aliphatic carboxylic acids is 1. The van der Waals surface area contributed by atoms with Crippen molar-refractivity contribution in [2.24, 2.45) is 11.8 Å². The molecule has 112 valence electrons. The number of rotatable bonds is 5. The Balaban J connectivity index is 1.62. The number of fused-ring (bicyclic) bond motifs is 1. The zero-order valence-corrected chi connectivity index (χ0v) is 13.3. The molecular weight excluding hydrogens is 332 g/mol. The van der Waals surface area contributed by atoms with Gasteiger partial charge >= 0.3 is 5.97 Å². The third kappa shape index (κ3) is 3.14. The number of H-pyrrole nitrogens is 1. The van der Waals surface area contributed by atoms with Gasteiger partial charge in [-0.3, -0.25) is 4.79 Å². The summed E-state index contributed by atoms with van der Waals surface area (Å²) in [4.78, 5) is 14.4. The van der Waals surface area contributed by atoms with E-state index in [1.54, 1.807) is 0 Å². The molecule has 5 heteroatoms. The van der Waals surface area contributed by atoms with Gasteiger partial charge in [-0.25, -0.2) is 0 Å². The number of carboxylic acids is 1. The van der Waals surface area contributed by atoms with Crippen LogP contribution in [0.15, 0.2) is 28.9 Å². The maximum Gasteiger partial charge on any atom is 0.306 e. The van der Waals surface area contributed by atoms with E-state index in [4.69, 9.17) is 0 Å². The van der Waals surface area contributed by atoms with Gasteiger partial charge in [0.1, 0.15) is 0 Å². The molecule has 0 amide bonds. The van der Waals surface area contributed by atoms with E-state index in [0.29, 0.717) is 0 Å². The van der Waals surface area contributed by atoms with E-state index in [1.807, 2.05) is 12.3 Å². The molecule has 0 aliphatic heterocycles. The second-order valence-electron chi connectivity index (χ2n) is 5.77. The van der Waals surface area contributed by atoms with Crippen LogP contribution in [0.3, 0.4) is 0 Å². The van der Waals surface area contributed by atoms with E-state index in [9.17, 15) is 9.90 Å². The molecule has 1 saturated carbocycles. The Morgan fingerprint density at radius 1 is 1.43 bits per heavy atom. The Morgan fingerprint density at radius 2 is 2.29 bits per heavy atom. The maximum absolute atomic E-state index is 11.2. The summed E-state index contributed by atoms with van der Waals surface area (Å²) in [6.45, 7) is 1.54. The van der Waals surface area contributed by atoms with Crippen LogP contribution in [0.4, 0.5) is 0 Å². The zero-order chi connectivity index (χ0) is 14.8. The lowest BCUT2D eigenvalue weighted by atomic mass is 9.96. The maximum atomic E-state index is 11.2. The van der Waals surface area contributed by atoms with E-state index in [1.165, 1.54) is 10.9 Å². The molecule has 2 aromatic rings. The Kier molecular flexibility index (Phi) is 4.31. The van der Waals surface area contributed by atoms with Crippen molar-refractivity contribution < 1.29 is 9.90 Å². The molecule has 1 aliphatic carbocycles. The van der Waals surface area contributed by atoms with Crippen LogP contribution < -0.4 is 5.32 Å². The number of aromatic amines is 1. The largest absolute Gasteiger partial charge is 0.481 e. The van der Waals surface area contributed by atoms with E-state index in [2.05, 4.69) is 38.4 Å². The van der Waals surface area contributed by atoms with Crippen LogP contribution in [0.5, 0.6) is 0 Å². The summed E-state index contributed by atoms with van der Waals surface area (Å²) < 4.78 is 1.07. The third-order valence-electron chi connectivity index (χ3n) is 4.43. The van der Waals surface area contributed by atoms with Crippen molar-refractivity contribution in [1.82, 2.24) is 10.3 Å². The average Bonchev–Trinajstić information content (AvgIpc) is 3.06. The lowest BCUT2D eigenvalue weighted by molar-refractivity contribution is -0.142. The van der Waals surface area contributed by atoms with Crippen molar-refractivity contribution in [3.8, 4) is 0 Å². The molecular formula is C16H19BrN2O2. The monoisotopic (exact) mass is 350 g/mol. The normalized spacial score (nSPS) is 22.0. The smallest absolute Gasteiger partial charge is 0.306 e. The number of benzene rings is 1. The minimum Gasteiger partial charge on any atom is -0.481 e. The van der Waals surface area contributed by atoms with Gasteiger partial charge in [0.15, 0.2) is 0 Å². The molecule has 1 aliphatic rings. The van der Waals surface area contributed by atoms with Crippen LogP contribution in [0.2, 0.25) is 0 Å². The Labute approximate surface area is 132 Å². The number of hydrogen-bond donors (Lipinski definition) is 3. The first-order chi connectivity index (χ1) is 10.1. The van der Waals surface area contributed by atoms with Gasteiger partial charge in [-0.05, 0) is 49.1 Å². The van der Waals surface area contributed by atoms with Gasteiger partial charge in [-0.1, -0.05) is 22.4 Å². The molecule has 21 heavy (non-hydrogen) atoms. The van der Waals surface area contributed by atoms with Gasteiger partial charge in [0.25, 0.3) is 0 Å². The number of aromatic nitrogens is 1. The van der Waals surface area contributed by atoms with E-state index in [-0.39, 0.29) is 11.8 Å². The second kappa shape index (κ2) is 6.20. The number of carbonyl (C=O) groups is 1. The van der Waals surface area contributed by atoms with Crippen LogP contribution in [-0.4, -0.2) is 22.6 Å². The number of halogens is 1. The summed E-state index contributed by atoms with van der Waals surface area (Å²) in [6.07, 6.45) is 4.89. The van der Waals surface area contributed by atoms with Crippen molar-refractivity contribution in [1.29, 1.82) is 0 Å². The summed E-state index contributed by atoms with van der Waals surface area (Å²) in [5.74, 6) is -0.551. The van der Waals surface area contributed by atoms with Gasteiger partial charge in [0.2, 0.25) is 0 Å².